The Labute approximate surface area is 85.6 Å². The number of terminal acetylenes is 1. The van der Waals surface area contributed by atoms with E-state index in [0.29, 0.717) is 12.8 Å². The van der Waals surface area contributed by atoms with Crippen LogP contribution in [-0.2, 0) is 10.2 Å². The lowest BCUT2D eigenvalue weighted by molar-refractivity contribution is 0.531. The van der Waals surface area contributed by atoms with Crippen molar-refractivity contribution >= 4 is 10.2 Å². The Morgan fingerprint density at radius 1 is 1.57 bits per heavy atom. The van der Waals surface area contributed by atoms with E-state index in [9.17, 15) is 8.42 Å². The first kappa shape index (κ1) is 11.5. The SMILES string of the molecule is C#CCC(CC)NS(=O)(=O)NC1CC1. The average molecular weight is 216 g/mol. The number of nitrogens with one attached hydrogen (secondary N) is 2. The molecule has 1 unspecified atom stereocenters. The molecule has 0 radical (unpaired) electrons. The summed E-state index contributed by atoms with van der Waals surface area (Å²) in [6, 6.07) is -0.0212. The maximum atomic E-state index is 11.4. The summed E-state index contributed by atoms with van der Waals surface area (Å²) in [5.41, 5.74) is 0. The van der Waals surface area contributed by atoms with Crippen molar-refractivity contribution in [2.75, 3.05) is 0 Å². The zero-order chi connectivity index (χ0) is 10.6. The molecular weight excluding hydrogens is 200 g/mol. The highest BCUT2D eigenvalue weighted by atomic mass is 32.2. The van der Waals surface area contributed by atoms with Gasteiger partial charge in [0, 0.05) is 18.5 Å². The van der Waals surface area contributed by atoms with Gasteiger partial charge in [0.05, 0.1) is 0 Å². The monoisotopic (exact) mass is 216 g/mol. The van der Waals surface area contributed by atoms with E-state index < -0.39 is 10.2 Å². The Hall–Kier alpha value is -0.570. The van der Waals surface area contributed by atoms with Crippen LogP contribution >= 0.6 is 0 Å². The number of rotatable bonds is 6. The van der Waals surface area contributed by atoms with Crippen molar-refractivity contribution in [3.63, 3.8) is 0 Å². The van der Waals surface area contributed by atoms with Crippen LogP contribution in [0.1, 0.15) is 32.6 Å². The van der Waals surface area contributed by atoms with Gasteiger partial charge in [0.1, 0.15) is 0 Å². The van der Waals surface area contributed by atoms with E-state index in [-0.39, 0.29) is 12.1 Å². The third-order valence-electron chi connectivity index (χ3n) is 2.08. The van der Waals surface area contributed by atoms with Crippen LogP contribution in [0, 0.1) is 12.3 Å². The smallest absolute Gasteiger partial charge is 0.199 e. The molecule has 80 valence electrons. The molecule has 0 heterocycles. The van der Waals surface area contributed by atoms with Crippen molar-refractivity contribution in [1.29, 1.82) is 0 Å². The molecule has 0 spiro atoms. The summed E-state index contributed by atoms with van der Waals surface area (Å²) in [5.74, 6) is 2.46. The third-order valence-corrected chi connectivity index (χ3v) is 3.37. The second-order valence-electron chi connectivity index (χ2n) is 3.53. The standard InChI is InChI=1S/C9H16N2O2S/c1-3-5-8(4-2)10-14(12,13)11-9-6-7-9/h1,8-11H,4-7H2,2H3. The summed E-state index contributed by atoms with van der Waals surface area (Å²) < 4.78 is 27.9. The minimum Gasteiger partial charge on any atom is -0.199 e. The van der Waals surface area contributed by atoms with Gasteiger partial charge in [0.2, 0.25) is 0 Å². The first-order valence-electron chi connectivity index (χ1n) is 4.80. The second-order valence-corrected chi connectivity index (χ2v) is 5.01. The molecule has 2 N–H and O–H groups in total. The van der Waals surface area contributed by atoms with Gasteiger partial charge in [-0.05, 0) is 19.3 Å². The lowest BCUT2D eigenvalue weighted by atomic mass is 10.2. The Morgan fingerprint density at radius 3 is 2.64 bits per heavy atom. The van der Waals surface area contributed by atoms with Crippen LogP contribution in [0.15, 0.2) is 0 Å². The highest BCUT2D eigenvalue weighted by molar-refractivity contribution is 7.87. The third kappa shape index (κ3) is 4.09. The molecule has 0 amide bonds. The molecule has 1 aliphatic rings. The molecule has 5 heteroatoms. The largest absolute Gasteiger partial charge is 0.277 e. The highest BCUT2D eigenvalue weighted by Crippen LogP contribution is 2.19. The van der Waals surface area contributed by atoms with Crippen LogP contribution in [0.3, 0.4) is 0 Å². The van der Waals surface area contributed by atoms with E-state index in [1.165, 1.54) is 0 Å². The molecule has 1 rings (SSSR count). The molecule has 1 fully saturated rings. The first-order chi connectivity index (χ1) is 6.57. The van der Waals surface area contributed by atoms with Crippen LogP contribution in [0.2, 0.25) is 0 Å². The van der Waals surface area contributed by atoms with Gasteiger partial charge >= 0.3 is 0 Å². The normalized spacial score (nSPS) is 18.9. The fourth-order valence-corrected chi connectivity index (χ4v) is 2.52. The lowest BCUT2D eigenvalue weighted by Crippen LogP contribution is -2.43. The molecule has 0 bridgehead atoms. The van der Waals surface area contributed by atoms with Crippen LogP contribution in [0.5, 0.6) is 0 Å². The predicted molar refractivity (Wildman–Crippen MR) is 55.7 cm³/mol. The van der Waals surface area contributed by atoms with Gasteiger partial charge in [-0.15, -0.1) is 12.3 Å². The van der Waals surface area contributed by atoms with E-state index in [2.05, 4.69) is 15.4 Å². The van der Waals surface area contributed by atoms with Gasteiger partial charge in [0.25, 0.3) is 10.2 Å². The Balaban J connectivity index is 2.42. The van der Waals surface area contributed by atoms with Crippen LogP contribution < -0.4 is 9.44 Å². The lowest BCUT2D eigenvalue weighted by Gasteiger charge is -2.14. The summed E-state index contributed by atoms with van der Waals surface area (Å²) in [7, 11) is -3.35. The molecule has 4 nitrogen and oxygen atoms in total. The van der Waals surface area contributed by atoms with Crippen molar-refractivity contribution in [1.82, 2.24) is 9.44 Å². The minimum absolute atomic E-state index is 0.135. The summed E-state index contributed by atoms with van der Waals surface area (Å²) >= 11 is 0. The summed E-state index contributed by atoms with van der Waals surface area (Å²) in [4.78, 5) is 0. The van der Waals surface area contributed by atoms with Gasteiger partial charge < -0.3 is 0 Å². The fourth-order valence-electron chi connectivity index (χ4n) is 1.09. The Morgan fingerprint density at radius 2 is 2.21 bits per heavy atom. The molecule has 1 atom stereocenters. The van der Waals surface area contributed by atoms with Crippen LogP contribution in [0.4, 0.5) is 0 Å². The van der Waals surface area contributed by atoms with Crippen molar-refractivity contribution in [3.8, 4) is 12.3 Å². The van der Waals surface area contributed by atoms with Crippen LogP contribution in [-0.4, -0.2) is 20.5 Å². The number of hydrogen-bond donors (Lipinski definition) is 2. The molecule has 1 saturated carbocycles. The summed E-state index contributed by atoms with van der Waals surface area (Å²) in [5, 5.41) is 0. The molecular formula is C9H16N2O2S. The molecule has 0 aromatic heterocycles. The van der Waals surface area contributed by atoms with E-state index in [0.717, 1.165) is 12.8 Å². The van der Waals surface area contributed by atoms with Gasteiger partial charge in [0.15, 0.2) is 0 Å². The zero-order valence-electron chi connectivity index (χ0n) is 8.29. The van der Waals surface area contributed by atoms with Crippen molar-refractivity contribution in [2.45, 2.75) is 44.7 Å². The molecule has 0 aromatic carbocycles. The van der Waals surface area contributed by atoms with Crippen molar-refractivity contribution in [2.24, 2.45) is 0 Å². The van der Waals surface area contributed by atoms with Gasteiger partial charge in [-0.1, -0.05) is 6.92 Å². The second kappa shape index (κ2) is 4.78. The molecule has 0 saturated heterocycles. The van der Waals surface area contributed by atoms with E-state index in [4.69, 9.17) is 6.42 Å². The van der Waals surface area contributed by atoms with Gasteiger partial charge in [-0.2, -0.15) is 17.9 Å². The van der Waals surface area contributed by atoms with Gasteiger partial charge in [-0.25, -0.2) is 0 Å². The molecule has 1 aliphatic carbocycles. The van der Waals surface area contributed by atoms with Crippen molar-refractivity contribution < 1.29 is 8.42 Å². The van der Waals surface area contributed by atoms with E-state index >= 15 is 0 Å². The van der Waals surface area contributed by atoms with Crippen molar-refractivity contribution in [3.05, 3.63) is 0 Å². The topological polar surface area (TPSA) is 58.2 Å². The summed E-state index contributed by atoms with van der Waals surface area (Å²) in [6.45, 7) is 1.90. The quantitative estimate of drug-likeness (QED) is 0.630. The Kier molecular flexibility index (Phi) is 3.93. The molecule has 0 aromatic rings. The van der Waals surface area contributed by atoms with E-state index in [1.54, 1.807) is 0 Å². The molecule has 14 heavy (non-hydrogen) atoms. The highest BCUT2D eigenvalue weighted by Gasteiger charge is 2.27. The maximum Gasteiger partial charge on any atom is 0.277 e. The van der Waals surface area contributed by atoms with Crippen LogP contribution in [0.25, 0.3) is 0 Å². The maximum absolute atomic E-state index is 11.4. The first-order valence-corrected chi connectivity index (χ1v) is 6.28. The number of hydrogen-bond acceptors (Lipinski definition) is 2. The predicted octanol–water partition coefficient (Wildman–Crippen LogP) is 0.375. The minimum atomic E-state index is -3.35. The zero-order valence-corrected chi connectivity index (χ0v) is 9.10. The molecule has 0 aliphatic heterocycles. The van der Waals surface area contributed by atoms with E-state index in [1.807, 2.05) is 6.92 Å². The average Bonchev–Trinajstić information content (AvgIpc) is 2.86. The Bertz CT molecular complexity index is 314. The fraction of sp³-hybridized carbons (Fsp3) is 0.778. The van der Waals surface area contributed by atoms with Gasteiger partial charge in [-0.3, -0.25) is 0 Å². The summed E-state index contributed by atoms with van der Waals surface area (Å²) in [6.07, 6.45) is 8.14.